The van der Waals surface area contributed by atoms with Crippen LogP contribution in [0, 0.1) is 6.92 Å². The van der Waals surface area contributed by atoms with Crippen molar-refractivity contribution in [2.75, 3.05) is 13.1 Å². The second-order valence-corrected chi connectivity index (χ2v) is 3.90. The SMILES string of the molecule is Cc1ccnc(OC2CCNC2)c1C(N)=O. The molecule has 1 aliphatic rings. The van der Waals surface area contributed by atoms with Crippen LogP contribution in [0.15, 0.2) is 12.3 Å². The number of rotatable bonds is 3. The molecule has 3 N–H and O–H groups in total. The van der Waals surface area contributed by atoms with E-state index in [-0.39, 0.29) is 6.10 Å². The van der Waals surface area contributed by atoms with Crippen LogP contribution in [0.4, 0.5) is 0 Å². The van der Waals surface area contributed by atoms with E-state index in [1.807, 2.05) is 6.92 Å². The van der Waals surface area contributed by atoms with Gasteiger partial charge in [-0.3, -0.25) is 4.79 Å². The summed E-state index contributed by atoms with van der Waals surface area (Å²) in [6, 6.07) is 1.75. The maximum atomic E-state index is 11.3. The Morgan fingerprint density at radius 3 is 3.12 bits per heavy atom. The number of ether oxygens (including phenoxy) is 1. The van der Waals surface area contributed by atoms with Gasteiger partial charge < -0.3 is 15.8 Å². The van der Waals surface area contributed by atoms with Gasteiger partial charge in [0.15, 0.2) is 0 Å². The number of hydrogen-bond acceptors (Lipinski definition) is 4. The van der Waals surface area contributed by atoms with E-state index in [0.29, 0.717) is 11.4 Å². The zero-order valence-electron chi connectivity index (χ0n) is 9.19. The molecule has 2 heterocycles. The summed E-state index contributed by atoms with van der Waals surface area (Å²) in [4.78, 5) is 15.4. The molecule has 0 saturated carbocycles. The van der Waals surface area contributed by atoms with E-state index in [0.717, 1.165) is 25.1 Å². The fourth-order valence-electron chi connectivity index (χ4n) is 1.81. The lowest BCUT2D eigenvalue weighted by Crippen LogP contribution is -2.23. The first kappa shape index (κ1) is 10.9. The maximum absolute atomic E-state index is 11.3. The van der Waals surface area contributed by atoms with Gasteiger partial charge in [-0.15, -0.1) is 0 Å². The highest BCUT2D eigenvalue weighted by molar-refractivity contribution is 5.96. The molecule has 16 heavy (non-hydrogen) atoms. The zero-order chi connectivity index (χ0) is 11.5. The summed E-state index contributed by atoms with van der Waals surface area (Å²) in [5, 5.41) is 3.19. The standard InChI is InChI=1S/C11H15N3O2/c1-7-2-5-14-11(9(7)10(12)15)16-8-3-4-13-6-8/h2,5,8,13H,3-4,6H2,1H3,(H2,12,15). The Morgan fingerprint density at radius 2 is 2.50 bits per heavy atom. The van der Waals surface area contributed by atoms with Crippen molar-refractivity contribution in [3.8, 4) is 5.88 Å². The van der Waals surface area contributed by atoms with Crippen molar-refractivity contribution in [1.82, 2.24) is 10.3 Å². The first-order valence-corrected chi connectivity index (χ1v) is 5.31. The van der Waals surface area contributed by atoms with Gasteiger partial charge in [-0.05, 0) is 31.5 Å². The molecule has 1 aromatic heterocycles. The highest BCUT2D eigenvalue weighted by Gasteiger charge is 2.20. The van der Waals surface area contributed by atoms with Crippen LogP contribution in [0.1, 0.15) is 22.3 Å². The Labute approximate surface area is 94.0 Å². The minimum atomic E-state index is -0.494. The number of carbonyl (C=O) groups excluding carboxylic acids is 1. The number of primary amides is 1. The Balaban J connectivity index is 2.25. The van der Waals surface area contributed by atoms with Gasteiger partial charge in [-0.2, -0.15) is 0 Å². The third-order valence-electron chi connectivity index (χ3n) is 2.66. The molecule has 86 valence electrons. The van der Waals surface area contributed by atoms with Gasteiger partial charge in [0.2, 0.25) is 5.88 Å². The fraction of sp³-hybridized carbons (Fsp3) is 0.455. The van der Waals surface area contributed by atoms with Crippen LogP contribution in [0.25, 0.3) is 0 Å². The molecular weight excluding hydrogens is 206 g/mol. The fourth-order valence-corrected chi connectivity index (χ4v) is 1.81. The molecule has 1 saturated heterocycles. The quantitative estimate of drug-likeness (QED) is 0.766. The second-order valence-electron chi connectivity index (χ2n) is 3.90. The molecule has 1 amide bonds. The van der Waals surface area contributed by atoms with Crippen LogP contribution in [-0.2, 0) is 0 Å². The highest BCUT2D eigenvalue weighted by Crippen LogP contribution is 2.20. The third-order valence-corrected chi connectivity index (χ3v) is 2.66. The van der Waals surface area contributed by atoms with E-state index in [9.17, 15) is 4.79 Å². The monoisotopic (exact) mass is 221 g/mol. The summed E-state index contributed by atoms with van der Waals surface area (Å²) in [6.07, 6.45) is 2.63. The molecule has 1 fully saturated rings. The van der Waals surface area contributed by atoms with Gasteiger partial charge in [0.05, 0.1) is 0 Å². The van der Waals surface area contributed by atoms with Crippen molar-refractivity contribution in [2.45, 2.75) is 19.4 Å². The van der Waals surface area contributed by atoms with E-state index < -0.39 is 5.91 Å². The van der Waals surface area contributed by atoms with Crippen LogP contribution in [0.2, 0.25) is 0 Å². The molecule has 0 aromatic carbocycles. The van der Waals surface area contributed by atoms with Crippen LogP contribution in [0.3, 0.4) is 0 Å². The van der Waals surface area contributed by atoms with Crippen molar-refractivity contribution >= 4 is 5.91 Å². The topological polar surface area (TPSA) is 77.2 Å². The maximum Gasteiger partial charge on any atom is 0.254 e. The smallest absolute Gasteiger partial charge is 0.254 e. The summed E-state index contributed by atoms with van der Waals surface area (Å²) in [7, 11) is 0. The van der Waals surface area contributed by atoms with Crippen LogP contribution >= 0.6 is 0 Å². The summed E-state index contributed by atoms with van der Waals surface area (Å²) in [5.41, 5.74) is 6.49. The first-order valence-electron chi connectivity index (χ1n) is 5.31. The minimum Gasteiger partial charge on any atom is -0.472 e. The van der Waals surface area contributed by atoms with Crippen molar-refractivity contribution in [1.29, 1.82) is 0 Å². The van der Waals surface area contributed by atoms with E-state index in [2.05, 4.69) is 10.3 Å². The summed E-state index contributed by atoms with van der Waals surface area (Å²) in [5.74, 6) is -0.146. The third kappa shape index (κ3) is 2.14. The average molecular weight is 221 g/mol. The number of aryl methyl sites for hydroxylation is 1. The summed E-state index contributed by atoms with van der Waals surface area (Å²) >= 11 is 0. The van der Waals surface area contributed by atoms with Crippen LogP contribution < -0.4 is 15.8 Å². The first-order chi connectivity index (χ1) is 7.68. The molecule has 5 nitrogen and oxygen atoms in total. The number of nitrogens with zero attached hydrogens (tertiary/aromatic N) is 1. The number of hydrogen-bond donors (Lipinski definition) is 2. The lowest BCUT2D eigenvalue weighted by molar-refractivity contribution is 0.0991. The number of nitrogens with one attached hydrogen (secondary N) is 1. The van der Waals surface area contributed by atoms with Crippen molar-refractivity contribution in [3.63, 3.8) is 0 Å². The normalized spacial score (nSPS) is 19.7. The predicted molar refractivity (Wildman–Crippen MR) is 59.4 cm³/mol. The van der Waals surface area contributed by atoms with Gasteiger partial charge in [-0.25, -0.2) is 4.98 Å². The molecule has 0 aliphatic carbocycles. The molecular formula is C11H15N3O2. The van der Waals surface area contributed by atoms with E-state index in [1.54, 1.807) is 12.3 Å². The van der Waals surface area contributed by atoms with E-state index in [1.165, 1.54) is 0 Å². The summed E-state index contributed by atoms with van der Waals surface area (Å²) < 4.78 is 5.67. The van der Waals surface area contributed by atoms with Crippen molar-refractivity contribution < 1.29 is 9.53 Å². The molecule has 1 aromatic rings. The largest absolute Gasteiger partial charge is 0.472 e. The summed E-state index contributed by atoms with van der Waals surface area (Å²) in [6.45, 7) is 3.54. The number of aromatic nitrogens is 1. The average Bonchev–Trinajstić information content (AvgIpc) is 2.70. The van der Waals surface area contributed by atoms with Gasteiger partial charge in [0.25, 0.3) is 5.91 Å². The second kappa shape index (κ2) is 4.49. The number of carbonyl (C=O) groups is 1. The Hall–Kier alpha value is -1.62. The van der Waals surface area contributed by atoms with E-state index >= 15 is 0 Å². The van der Waals surface area contributed by atoms with Gasteiger partial charge in [0.1, 0.15) is 11.7 Å². The number of pyridine rings is 1. The highest BCUT2D eigenvalue weighted by atomic mass is 16.5. The number of amides is 1. The molecule has 1 unspecified atom stereocenters. The lowest BCUT2D eigenvalue weighted by Gasteiger charge is -2.14. The molecule has 5 heteroatoms. The lowest BCUT2D eigenvalue weighted by atomic mass is 10.1. The molecule has 1 aliphatic heterocycles. The van der Waals surface area contributed by atoms with Crippen molar-refractivity contribution in [3.05, 3.63) is 23.4 Å². The number of nitrogens with two attached hydrogens (primary N) is 1. The molecule has 2 rings (SSSR count). The van der Waals surface area contributed by atoms with Gasteiger partial charge in [0, 0.05) is 12.7 Å². The van der Waals surface area contributed by atoms with Gasteiger partial charge >= 0.3 is 0 Å². The molecule has 0 spiro atoms. The van der Waals surface area contributed by atoms with Gasteiger partial charge in [-0.1, -0.05) is 0 Å². The zero-order valence-corrected chi connectivity index (χ0v) is 9.19. The molecule has 0 radical (unpaired) electrons. The van der Waals surface area contributed by atoms with Crippen LogP contribution in [-0.4, -0.2) is 30.1 Å². The minimum absolute atomic E-state index is 0.0763. The molecule has 0 bridgehead atoms. The van der Waals surface area contributed by atoms with Crippen molar-refractivity contribution in [2.24, 2.45) is 5.73 Å². The predicted octanol–water partition coefficient (Wildman–Crippen LogP) is 0.230. The van der Waals surface area contributed by atoms with E-state index in [4.69, 9.17) is 10.5 Å². The Morgan fingerprint density at radius 1 is 1.69 bits per heavy atom. The Kier molecular flexibility index (Phi) is 3.05. The Bertz CT molecular complexity index is 400. The van der Waals surface area contributed by atoms with Crippen LogP contribution in [0.5, 0.6) is 5.88 Å². The molecule has 1 atom stereocenters.